The lowest BCUT2D eigenvalue weighted by Crippen LogP contribution is -2.11. The van der Waals surface area contributed by atoms with E-state index in [2.05, 4.69) is 41.9 Å². The molecule has 0 aliphatic heterocycles. The van der Waals surface area contributed by atoms with E-state index in [1.165, 1.54) is 6.20 Å². The molecular formula is C11H10Br2ClN3O. The molecule has 18 heavy (non-hydrogen) atoms. The number of aliphatic hydroxyl groups is 1. The van der Waals surface area contributed by atoms with Gasteiger partial charge in [0.05, 0.1) is 22.6 Å². The monoisotopic (exact) mass is 393 g/mol. The van der Waals surface area contributed by atoms with E-state index in [-0.39, 0.29) is 0 Å². The summed E-state index contributed by atoms with van der Waals surface area (Å²) in [6.45, 7) is 2.57. The summed E-state index contributed by atoms with van der Waals surface area (Å²) < 4.78 is 3.20. The first-order valence-electron chi connectivity index (χ1n) is 5.24. The van der Waals surface area contributed by atoms with Gasteiger partial charge in [-0.1, -0.05) is 11.6 Å². The van der Waals surface area contributed by atoms with Gasteiger partial charge in [-0.25, -0.2) is 0 Å². The Morgan fingerprint density at radius 3 is 2.78 bits per heavy atom. The molecule has 4 nitrogen and oxygen atoms in total. The first-order valence-corrected chi connectivity index (χ1v) is 7.21. The quantitative estimate of drug-likeness (QED) is 0.865. The maximum atomic E-state index is 10.4. The van der Waals surface area contributed by atoms with Crippen LogP contribution in [-0.2, 0) is 6.54 Å². The molecule has 1 unspecified atom stereocenters. The number of aryl methyl sites for hydroxylation is 1. The number of rotatable bonds is 3. The molecule has 0 aliphatic rings. The lowest BCUT2D eigenvalue weighted by molar-refractivity contribution is 0.202. The number of hydrogen-bond acceptors (Lipinski definition) is 3. The summed E-state index contributed by atoms with van der Waals surface area (Å²) in [6, 6.07) is 1.83. The van der Waals surface area contributed by atoms with E-state index in [9.17, 15) is 5.11 Å². The van der Waals surface area contributed by atoms with E-state index in [4.69, 9.17) is 11.6 Å². The largest absolute Gasteiger partial charge is 0.380 e. The molecule has 1 N–H and O–H groups in total. The standard InChI is InChI=1S/C11H10Br2ClN3O/c1-2-17-10(8(14)5-16-17)11(18)9-7(13)3-6(12)4-15-9/h3-5,11,18H,2H2,1H3. The molecule has 1 atom stereocenters. The van der Waals surface area contributed by atoms with Gasteiger partial charge in [-0.3, -0.25) is 9.67 Å². The van der Waals surface area contributed by atoms with E-state index in [1.54, 1.807) is 10.9 Å². The van der Waals surface area contributed by atoms with Crippen LogP contribution in [0.4, 0.5) is 0 Å². The fraction of sp³-hybridized carbons (Fsp3) is 0.273. The zero-order valence-corrected chi connectivity index (χ0v) is 13.4. The summed E-state index contributed by atoms with van der Waals surface area (Å²) in [7, 11) is 0. The minimum atomic E-state index is -0.914. The normalized spacial score (nSPS) is 12.7. The third-order valence-corrected chi connectivity index (χ3v) is 3.85. The van der Waals surface area contributed by atoms with Gasteiger partial charge in [0.15, 0.2) is 0 Å². The van der Waals surface area contributed by atoms with Gasteiger partial charge in [-0.05, 0) is 44.8 Å². The molecule has 0 bridgehead atoms. The van der Waals surface area contributed by atoms with Crippen molar-refractivity contribution in [1.82, 2.24) is 14.8 Å². The summed E-state index contributed by atoms with van der Waals surface area (Å²) in [6.07, 6.45) is 2.24. The predicted octanol–water partition coefficient (Wildman–Crippen LogP) is 3.56. The van der Waals surface area contributed by atoms with Crippen LogP contribution < -0.4 is 0 Å². The lowest BCUT2D eigenvalue weighted by atomic mass is 10.1. The maximum absolute atomic E-state index is 10.4. The van der Waals surface area contributed by atoms with Gasteiger partial charge < -0.3 is 5.11 Å². The number of pyridine rings is 1. The van der Waals surface area contributed by atoms with Gasteiger partial charge in [-0.15, -0.1) is 0 Å². The van der Waals surface area contributed by atoms with Crippen molar-refractivity contribution in [2.75, 3.05) is 0 Å². The average Bonchev–Trinajstić information content (AvgIpc) is 2.69. The molecule has 0 spiro atoms. The molecule has 2 rings (SSSR count). The SMILES string of the molecule is CCn1ncc(Cl)c1C(O)c1ncc(Br)cc1Br. The van der Waals surface area contributed by atoms with Crippen LogP contribution in [-0.4, -0.2) is 19.9 Å². The average molecular weight is 395 g/mol. The number of aromatic nitrogens is 3. The molecule has 2 aromatic heterocycles. The molecule has 2 heterocycles. The van der Waals surface area contributed by atoms with E-state index < -0.39 is 6.10 Å². The van der Waals surface area contributed by atoms with Gasteiger partial charge in [0.2, 0.25) is 0 Å². The summed E-state index contributed by atoms with van der Waals surface area (Å²) in [5, 5.41) is 14.9. The van der Waals surface area contributed by atoms with Crippen molar-refractivity contribution in [3.63, 3.8) is 0 Å². The van der Waals surface area contributed by atoms with Gasteiger partial charge in [0, 0.05) is 21.7 Å². The van der Waals surface area contributed by atoms with Gasteiger partial charge in [0.1, 0.15) is 6.10 Å². The van der Waals surface area contributed by atoms with Gasteiger partial charge in [0.25, 0.3) is 0 Å². The maximum Gasteiger partial charge on any atom is 0.140 e. The summed E-state index contributed by atoms with van der Waals surface area (Å²) >= 11 is 12.8. The van der Waals surface area contributed by atoms with Crippen LogP contribution in [0.3, 0.4) is 0 Å². The Bertz CT molecular complexity index is 573. The van der Waals surface area contributed by atoms with Crippen molar-refractivity contribution in [1.29, 1.82) is 0 Å². The van der Waals surface area contributed by atoms with Crippen LogP contribution in [0.25, 0.3) is 0 Å². The summed E-state index contributed by atoms with van der Waals surface area (Å²) in [5.41, 5.74) is 1.06. The Kier molecular flexibility index (Phi) is 4.42. The number of nitrogens with zero attached hydrogens (tertiary/aromatic N) is 3. The highest BCUT2D eigenvalue weighted by molar-refractivity contribution is 9.11. The van der Waals surface area contributed by atoms with Crippen LogP contribution in [0.15, 0.2) is 27.4 Å². The van der Waals surface area contributed by atoms with E-state index >= 15 is 0 Å². The Morgan fingerprint density at radius 1 is 1.44 bits per heavy atom. The second kappa shape index (κ2) is 5.69. The third kappa shape index (κ3) is 2.61. The summed E-state index contributed by atoms with van der Waals surface area (Å²) in [4.78, 5) is 4.21. The minimum absolute atomic E-state index is 0.431. The fourth-order valence-electron chi connectivity index (χ4n) is 1.65. The smallest absolute Gasteiger partial charge is 0.140 e. The van der Waals surface area contributed by atoms with E-state index in [0.717, 1.165) is 4.47 Å². The zero-order valence-electron chi connectivity index (χ0n) is 9.44. The van der Waals surface area contributed by atoms with Crippen molar-refractivity contribution >= 4 is 43.5 Å². The van der Waals surface area contributed by atoms with Crippen LogP contribution in [0.1, 0.15) is 24.4 Å². The van der Waals surface area contributed by atoms with E-state index in [0.29, 0.717) is 27.4 Å². The van der Waals surface area contributed by atoms with Gasteiger partial charge >= 0.3 is 0 Å². The van der Waals surface area contributed by atoms with Gasteiger partial charge in [-0.2, -0.15) is 5.10 Å². The Balaban J connectivity index is 2.47. The van der Waals surface area contributed by atoms with Crippen LogP contribution in [0.2, 0.25) is 5.02 Å². The Morgan fingerprint density at radius 2 is 2.17 bits per heavy atom. The zero-order chi connectivity index (χ0) is 13.3. The van der Waals surface area contributed by atoms with Crippen molar-refractivity contribution in [3.8, 4) is 0 Å². The number of halogens is 3. The molecule has 0 aromatic carbocycles. The molecule has 0 radical (unpaired) electrons. The van der Waals surface area contributed by atoms with Crippen LogP contribution >= 0.6 is 43.5 Å². The minimum Gasteiger partial charge on any atom is -0.380 e. The van der Waals surface area contributed by atoms with E-state index in [1.807, 2.05) is 13.0 Å². The second-order valence-electron chi connectivity index (χ2n) is 3.62. The molecule has 0 saturated heterocycles. The highest BCUT2D eigenvalue weighted by Crippen LogP contribution is 2.32. The molecule has 0 aliphatic carbocycles. The Labute approximate surface area is 126 Å². The van der Waals surface area contributed by atoms with Crippen molar-refractivity contribution in [3.05, 3.63) is 43.8 Å². The Hall–Kier alpha value is -0.430. The second-order valence-corrected chi connectivity index (χ2v) is 5.79. The van der Waals surface area contributed by atoms with Crippen molar-refractivity contribution < 1.29 is 5.11 Å². The molecular weight excluding hydrogens is 385 g/mol. The molecule has 0 saturated carbocycles. The first kappa shape index (κ1) is 14.0. The number of aliphatic hydroxyl groups excluding tert-OH is 1. The fourth-order valence-corrected chi connectivity index (χ4v) is 3.10. The number of hydrogen-bond donors (Lipinski definition) is 1. The van der Waals surface area contributed by atoms with Crippen LogP contribution in [0, 0.1) is 0 Å². The first-order chi connectivity index (χ1) is 8.54. The lowest BCUT2D eigenvalue weighted by Gasteiger charge is -2.14. The van der Waals surface area contributed by atoms with Crippen molar-refractivity contribution in [2.24, 2.45) is 0 Å². The highest BCUT2D eigenvalue weighted by Gasteiger charge is 2.22. The molecule has 7 heteroatoms. The molecule has 0 amide bonds. The predicted molar refractivity (Wildman–Crippen MR) is 76.6 cm³/mol. The molecule has 2 aromatic rings. The molecule has 96 valence electrons. The topological polar surface area (TPSA) is 50.9 Å². The highest BCUT2D eigenvalue weighted by atomic mass is 79.9. The van der Waals surface area contributed by atoms with Crippen molar-refractivity contribution in [2.45, 2.75) is 19.6 Å². The molecule has 0 fully saturated rings. The summed E-state index contributed by atoms with van der Waals surface area (Å²) in [5.74, 6) is 0. The van der Waals surface area contributed by atoms with Crippen LogP contribution in [0.5, 0.6) is 0 Å². The third-order valence-electron chi connectivity index (χ3n) is 2.49.